The quantitative estimate of drug-likeness (QED) is 0.741. The van der Waals surface area contributed by atoms with Crippen molar-refractivity contribution in [2.75, 3.05) is 6.61 Å². The van der Waals surface area contributed by atoms with Gasteiger partial charge in [-0.2, -0.15) is 0 Å². The Balaban J connectivity index is 2.46. The molecule has 0 aliphatic rings. The zero-order chi connectivity index (χ0) is 14.8. The second kappa shape index (κ2) is 9.32. The number of aliphatic hydroxyl groups excluding tert-OH is 1. The van der Waals surface area contributed by atoms with Gasteiger partial charge in [-0.25, -0.2) is 0 Å². The topological polar surface area (TPSA) is 46.5 Å². The Labute approximate surface area is 121 Å². The van der Waals surface area contributed by atoms with Crippen molar-refractivity contribution in [3.8, 4) is 0 Å². The van der Waals surface area contributed by atoms with Crippen LogP contribution in [-0.2, 0) is 16.0 Å². The van der Waals surface area contributed by atoms with Crippen molar-refractivity contribution in [1.29, 1.82) is 0 Å². The number of aliphatic hydroxyl groups is 1. The average Bonchev–Trinajstić information content (AvgIpc) is 2.44. The minimum absolute atomic E-state index is 0.00107. The molecular formula is C17H24O3. The highest BCUT2D eigenvalue weighted by Gasteiger charge is 2.07. The van der Waals surface area contributed by atoms with Crippen LogP contribution in [0.2, 0.25) is 0 Å². The number of benzene rings is 1. The van der Waals surface area contributed by atoms with Crippen LogP contribution in [0.4, 0.5) is 0 Å². The second-order valence-corrected chi connectivity index (χ2v) is 4.78. The maximum absolute atomic E-state index is 11.2. The number of hydrogen-bond acceptors (Lipinski definition) is 3. The lowest BCUT2D eigenvalue weighted by Gasteiger charge is -2.05. The molecule has 3 heteroatoms. The second-order valence-electron chi connectivity index (χ2n) is 4.78. The van der Waals surface area contributed by atoms with Gasteiger partial charge in [0.1, 0.15) is 0 Å². The molecule has 1 atom stereocenters. The van der Waals surface area contributed by atoms with Gasteiger partial charge in [0, 0.05) is 0 Å². The van der Waals surface area contributed by atoms with Gasteiger partial charge < -0.3 is 9.84 Å². The fraction of sp³-hybridized carbons (Fsp3) is 0.471. The van der Waals surface area contributed by atoms with E-state index in [2.05, 4.69) is 19.1 Å². The number of ether oxygens (including phenoxy) is 1. The van der Waals surface area contributed by atoms with Gasteiger partial charge in [0.15, 0.2) is 0 Å². The van der Waals surface area contributed by atoms with E-state index in [1.165, 1.54) is 18.4 Å². The zero-order valence-corrected chi connectivity index (χ0v) is 12.3. The maximum Gasteiger partial charge on any atom is 0.308 e. The first-order valence-electron chi connectivity index (χ1n) is 7.26. The lowest BCUT2D eigenvalue weighted by Crippen LogP contribution is -2.13. The highest BCUT2D eigenvalue weighted by molar-refractivity contribution is 5.70. The zero-order valence-electron chi connectivity index (χ0n) is 12.3. The van der Waals surface area contributed by atoms with Gasteiger partial charge in [0.2, 0.25) is 0 Å². The standard InChI is InChI=1S/C17H24O3/c1-3-5-6-14-7-9-15(10-8-14)11-12-16(18)13-17(19)20-4-2/h7-12,16,18H,3-6,13H2,1-2H3/t16-/m1/s1. The minimum Gasteiger partial charge on any atom is -0.466 e. The fourth-order valence-corrected chi connectivity index (χ4v) is 1.86. The summed E-state index contributed by atoms with van der Waals surface area (Å²) in [6.45, 7) is 4.27. The van der Waals surface area contributed by atoms with Crippen LogP contribution in [0.3, 0.4) is 0 Å². The number of carbonyl (C=O) groups is 1. The molecule has 0 bridgehead atoms. The number of esters is 1. The molecule has 1 N–H and O–H groups in total. The molecule has 0 aliphatic carbocycles. The van der Waals surface area contributed by atoms with Gasteiger partial charge in [0.05, 0.1) is 19.1 Å². The molecule has 0 radical (unpaired) electrons. The van der Waals surface area contributed by atoms with Crippen molar-refractivity contribution in [3.05, 3.63) is 41.5 Å². The van der Waals surface area contributed by atoms with E-state index in [1.807, 2.05) is 18.2 Å². The van der Waals surface area contributed by atoms with Crippen LogP contribution >= 0.6 is 0 Å². The summed E-state index contributed by atoms with van der Waals surface area (Å²) in [5, 5.41) is 9.69. The van der Waals surface area contributed by atoms with E-state index in [1.54, 1.807) is 13.0 Å². The van der Waals surface area contributed by atoms with Crippen LogP contribution in [0.15, 0.2) is 30.3 Å². The Kier molecular flexibility index (Phi) is 7.66. The molecule has 0 heterocycles. The smallest absolute Gasteiger partial charge is 0.308 e. The lowest BCUT2D eigenvalue weighted by atomic mass is 10.1. The molecule has 0 aliphatic heterocycles. The third-order valence-corrected chi connectivity index (χ3v) is 2.99. The monoisotopic (exact) mass is 276 g/mol. The number of unbranched alkanes of at least 4 members (excludes halogenated alkanes) is 1. The summed E-state index contributed by atoms with van der Waals surface area (Å²) in [4.78, 5) is 11.2. The van der Waals surface area contributed by atoms with Gasteiger partial charge in [0.25, 0.3) is 0 Å². The number of hydrogen-bond donors (Lipinski definition) is 1. The summed E-state index contributed by atoms with van der Waals surface area (Å²) >= 11 is 0. The van der Waals surface area contributed by atoms with Crippen LogP contribution in [0.1, 0.15) is 44.2 Å². The third kappa shape index (κ3) is 6.53. The first-order valence-corrected chi connectivity index (χ1v) is 7.26. The SMILES string of the molecule is CCCCc1ccc(C=C[C@@H](O)CC(=O)OCC)cc1. The van der Waals surface area contributed by atoms with Gasteiger partial charge >= 0.3 is 5.97 Å². The van der Waals surface area contributed by atoms with E-state index in [0.29, 0.717) is 6.61 Å². The number of carbonyl (C=O) groups excluding carboxylic acids is 1. The highest BCUT2D eigenvalue weighted by atomic mass is 16.5. The van der Waals surface area contributed by atoms with Crippen molar-refractivity contribution in [1.82, 2.24) is 0 Å². The molecule has 0 amide bonds. The number of aryl methyl sites for hydroxylation is 1. The van der Waals surface area contributed by atoms with Gasteiger partial charge in [-0.15, -0.1) is 0 Å². The van der Waals surface area contributed by atoms with Crippen LogP contribution in [0, 0.1) is 0 Å². The Morgan fingerprint density at radius 2 is 2.00 bits per heavy atom. The first kappa shape index (κ1) is 16.4. The highest BCUT2D eigenvalue weighted by Crippen LogP contribution is 2.10. The largest absolute Gasteiger partial charge is 0.466 e. The van der Waals surface area contributed by atoms with Crippen molar-refractivity contribution >= 4 is 12.0 Å². The molecule has 0 spiro atoms. The van der Waals surface area contributed by atoms with Gasteiger partial charge in [-0.1, -0.05) is 49.8 Å². The predicted molar refractivity (Wildman–Crippen MR) is 81.3 cm³/mol. The van der Waals surface area contributed by atoms with E-state index in [0.717, 1.165) is 12.0 Å². The van der Waals surface area contributed by atoms with Crippen LogP contribution in [0.25, 0.3) is 6.08 Å². The average molecular weight is 276 g/mol. The van der Waals surface area contributed by atoms with E-state index in [-0.39, 0.29) is 12.4 Å². The van der Waals surface area contributed by atoms with Gasteiger partial charge in [-0.05, 0) is 30.9 Å². The summed E-state index contributed by atoms with van der Waals surface area (Å²) < 4.78 is 4.78. The summed E-state index contributed by atoms with van der Waals surface area (Å²) in [5.74, 6) is -0.375. The van der Waals surface area contributed by atoms with Crippen molar-refractivity contribution < 1.29 is 14.6 Å². The Morgan fingerprint density at radius 1 is 1.30 bits per heavy atom. The minimum atomic E-state index is -0.797. The number of rotatable bonds is 8. The molecule has 1 aromatic carbocycles. The van der Waals surface area contributed by atoms with E-state index >= 15 is 0 Å². The van der Waals surface area contributed by atoms with Crippen molar-refractivity contribution in [2.24, 2.45) is 0 Å². The van der Waals surface area contributed by atoms with E-state index in [4.69, 9.17) is 4.74 Å². The van der Waals surface area contributed by atoms with E-state index < -0.39 is 6.10 Å². The summed E-state index contributed by atoms with van der Waals surface area (Å²) in [5.41, 5.74) is 2.35. The predicted octanol–water partition coefficient (Wildman–Crippen LogP) is 3.36. The lowest BCUT2D eigenvalue weighted by molar-refractivity contribution is -0.144. The molecule has 0 saturated carbocycles. The Hall–Kier alpha value is -1.61. The van der Waals surface area contributed by atoms with E-state index in [9.17, 15) is 9.90 Å². The molecule has 110 valence electrons. The third-order valence-electron chi connectivity index (χ3n) is 2.99. The van der Waals surface area contributed by atoms with Crippen LogP contribution < -0.4 is 0 Å². The maximum atomic E-state index is 11.2. The molecule has 1 aromatic rings. The summed E-state index contributed by atoms with van der Waals surface area (Å²) in [7, 11) is 0. The molecule has 0 fully saturated rings. The molecule has 20 heavy (non-hydrogen) atoms. The van der Waals surface area contributed by atoms with Crippen LogP contribution in [-0.4, -0.2) is 23.8 Å². The van der Waals surface area contributed by atoms with Gasteiger partial charge in [-0.3, -0.25) is 4.79 Å². The summed E-state index contributed by atoms with van der Waals surface area (Å²) in [6.07, 6.45) is 6.15. The first-order chi connectivity index (χ1) is 9.65. The Morgan fingerprint density at radius 3 is 2.60 bits per heavy atom. The Bertz CT molecular complexity index is 420. The molecule has 1 rings (SSSR count). The molecular weight excluding hydrogens is 252 g/mol. The molecule has 3 nitrogen and oxygen atoms in total. The van der Waals surface area contributed by atoms with Crippen molar-refractivity contribution in [3.63, 3.8) is 0 Å². The molecule has 0 unspecified atom stereocenters. The molecule has 0 aromatic heterocycles. The fourth-order valence-electron chi connectivity index (χ4n) is 1.86. The normalized spacial score (nSPS) is 12.6. The van der Waals surface area contributed by atoms with Crippen LogP contribution in [0.5, 0.6) is 0 Å². The molecule has 0 saturated heterocycles. The van der Waals surface area contributed by atoms with Crippen molar-refractivity contribution in [2.45, 2.75) is 45.6 Å². The summed E-state index contributed by atoms with van der Waals surface area (Å²) in [6, 6.07) is 8.26.